The number of amides is 1. The van der Waals surface area contributed by atoms with Gasteiger partial charge in [-0.3, -0.25) is 9.79 Å². The van der Waals surface area contributed by atoms with E-state index in [9.17, 15) is 18.0 Å². The third-order valence-corrected chi connectivity index (χ3v) is 4.58. The van der Waals surface area contributed by atoms with Crippen molar-refractivity contribution in [2.45, 2.75) is 60.1 Å². The molecule has 0 bridgehead atoms. The summed E-state index contributed by atoms with van der Waals surface area (Å²) in [4.78, 5) is 18.8. The Labute approximate surface area is 171 Å². The summed E-state index contributed by atoms with van der Waals surface area (Å²) in [7, 11) is 0. The molecule has 1 aromatic rings. The van der Waals surface area contributed by atoms with Gasteiger partial charge < -0.3 is 9.64 Å². The predicted molar refractivity (Wildman–Crippen MR) is 111 cm³/mol. The quantitative estimate of drug-likeness (QED) is 0.451. The number of hydrogen-bond donors (Lipinski definition) is 0. The minimum Gasteiger partial charge on any atom is -0.493 e. The molecule has 0 aromatic heterocycles. The Bertz CT molecular complexity index is 723. The average molecular weight is 412 g/mol. The number of rotatable bonds is 10. The minimum absolute atomic E-state index is 0.0680. The summed E-state index contributed by atoms with van der Waals surface area (Å²) >= 11 is 0. The van der Waals surface area contributed by atoms with Gasteiger partial charge in [0.25, 0.3) is 5.91 Å². The van der Waals surface area contributed by atoms with E-state index in [1.807, 2.05) is 20.8 Å². The topological polar surface area (TPSA) is 41.9 Å². The highest BCUT2D eigenvalue weighted by Gasteiger charge is 2.26. The molecule has 162 valence electrons. The first-order valence-electron chi connectivity index (χ1n) is 9.91. The van der Waals surface area contributed by atoms with Crippen molar-refractivity contribution in [1.29, 1.82) is 0 Å². The molecule has 0 aliphatic heterocycles. The number of aliphatic imine (C=N–C) groups is 1. The molecular formula is C22H31F3N2O2. The molecule has 0 heterocycles. The Morgan fingerprint density at radius 2 is 1.72 bits per heavy atom. The zero-order chi connectivity index (χ0) is 22.0. The number of allylic oxidation sites excluding steroid dienone is 2. The second kappa shape index (κ2) is 11.6. The van der Waals surface area contributed by atoms with E-state index >= 15 is 0 Å². The Kier molecular flexibility index (Phi) is 9.92. The average Bonchev–Trinajstić information content (AvgIpc) is 2.67. The lowest BCUT2D eigenvalue weighted by molar-refractivity contribution is -0.139. The van der Waals surface area contributed by atoms with Crippen molar-refractivity contribution in [1.82, 2.24) is 4.90 Å². The Hall–Kier alpha value is -2.31. The van der Waals surface area contributed by atoms with Crippen LogP contribution in [0.3, 0.4) is 0 Å². The predicted octanol–water partition coefficient (Wildman–Crippen LogP) is 5.88. The van der Waals surface area contributed by atoms with E-state index < -0.39 is 19.2 Å². The molecule has 0 radical (unpaired) electrons. The summed E-state index contributed by atoms with van der Waals surface area (Å²) in [5.41, 5.74) is 2.91. The number of nitrogens with zero attached hydrogens (tertiary/aromatic N) is 2. The fourth-order valence-corrected chi connectivity index (χ4v) is 2.66. The standard InChI is InChI=1S/C22H31F3N2O2/c1-6-8-14-27(7-2)21(28)18(5)26-17(4)16(3)19-9-11-20(12-10-19)29-15-13-22(23,24)25/h9-12H,6-8,13-15H2,1-5H3/b17-16+,26-18?. The number of carbonyl (C=O) groups excluding carboxylic acids is 1. The first-order valence-corrected chi connectivity index (χ1v) is 9.91. The van der Waals surface area contributed by atoms with E-state index in [0.717, 1.165) is 30.5 Å². The van der Waals surface area contributed by atoms with Gasteiger partial charge in [0.15, 0.2) is 0 Å². The van der Waals surface area contributed by atoms with Crippen LogP contribution in [-0.2, 0) is 4.79 Å². The minimum atomic E-state index is -4.23. The number of halogens is 3. The smallest absolute Gasteiger partial charge is 0.392 e. The summed E-state index contributed by atoms with van der Waals surface area (Å²) in [6.45, 7) is 10.4. The van der Waals surface area contributed by atoms with Gasteiger partial charge in [0.2, 0.25) is 0 Å². The van der Waals surface area contributed by atoms with Crippen LogP contribution in [0.2, 0.25) is 0 Å². The molecule has 0 fully saturated rings. The van der Waals surface area contributed by atoms with Crippen molar-refractivity contribution in [3.8, 4) is 5.75 Å². The van der Waals surface area contributed by atoms with Gasteiger partial charge in [0.1, 0.15) is 11.5 Å². The molecule has 1 rings (SSSR count). The maximum atomic E-state index is 12.6. The lowest BCUT2D eigenvalue weighted by Gasteiger charge is -2.20. The van der Waals surface area contributed by atoms with Crippen LogP contribution in [0.5, 0.6) is 5.75 Å². The zero-order valence-corrected chi connectivity index (χ0v) is 17.9. The zero-order valence-electron chi connectivity index (χ0n) is 17.9. The highest BCUT2D eigenvalue weighted by molar-refractivity contribution is 6.38. The van der Waals surface area contributed by atoms with Gasteiger partial charge in [0.05, 0.1) is 13.0 Å². The highest BCUT2D eigenvalue weighted by atomic mass is 19.4. The summed E-state index contributed by atoms with van der Waals surface area (Å²) in [6, 6.07) is 6.81. The van der Waals surface area contributed by atoms with Crippen LogP contribution < -0.4 is 4.74 Å². The molecule has 0 saturated heterocycles. The second-order valence-electron chi connectivity index (χ2n) is 6.88. The van der Waals surface area contributed by atoms with Gasteiger partial charge in [-0.1, -0.05) is 25.5 Å². The van der Waals surface area contributed by atoms with Gasteiger partial charge in [-0.05, 0) is 57.4 Å². The van der Waals surface area contributed by atoms with Gasteiger partial charge in [-0.25, -0.2) is 0 Å². The molecular weight excluding hydrogens is 381 g/mol. The molecule has 0 saturated carbocycles. The summed E-state index contributed by atoms with van der Waals surface area (Å²) in [5.74, 6) is 0.314. The molecule has 0 aliphatic rings. The normalized spacial score (nSPS) is 13.2. The van der Waals surface area contributed by atoms with Crippen molar-refractivity contribution in [2.24, 2.45) is 4.99 Å². The lowest BCUT2D eigenvalue weighted by atomic mass is 10.1. The number of unbranched alkanes of at least 4 members (excludes halogenated alkanes) is 1. The first kappa shape index (κ1) is 24.7. The molecule has 0 unspecified atom stereocenters. The maximum absolute atomic E-state index is 12.6. The third-order valence-electron chi connectivity index (χ3n) is 4.58. The van der Waals surface area contributed by atoms with Gasteiger partial charge in [-0.15, -0.1) is 0 Å². The van der Waals surface area contributed by atoms with Crippen molar-refractivity contribution in [3.05, 3.63) is 35.5 Å². The van der Waals surface area contributed by atoms with E-state index in [-0.39, 0.29) is 5.91 Å². The van der Waals surface area contributed by atoms with Crippen molar-refractivity contribution in [2.75, 3.05) is 19.7 Å². The van der Waals surface area contributed by atoms with Gasteiger partial charge in [-0.2, -0.15) is 13.2 Å². The molecule has 0 spiro atoms. The van der Waals surface area contributed by atoms with Crippen LogP contribution in [0, 0.1) is 0 Å². The number of hydrogen-bond acceptors (Lipinski definition) is 3. The van der Waals surface area contributed by atoms with Crippen LogP contribution in [0.15, 0.2) is 35.0 Å². The SMILES string of the molecule is CCCCN(CC)C(=O)C(C)=N/C(C)=C(\C)c1ccc(OCCC(F)(F)F)cc1. The van der Waals surface area contributed by atoms with E-state index in [1.165, 1.54) is 0 Å². The van der Waals surface area contributed by atoms with Gasteiger partial charge >= 0.3 is 6.18 Å². The van der Waals surface area contributed by atoms with Crippen molar-refractivity contribution < 1.29 is 22.7 Å². The Morgan fingerprint density at radius 3 is 2.24 bits per heavy atom. The third kappa shape index (κ3) is 8.71. The monoisotopic (exact) mass is 412 g/mol. The van der Waals surface area contributed by atoms with Crippen LogP contribution in [0.4, 0.5) is 13.2 Å². The molecule has 0 aliphatic carbocycles. The summed E-state index contributed by atoms with van der Waals surface area (Å²) in [5, 5.41) is 0. The lowest BCUT2D eigenvalue weighted by Crippen LogP contribution is -2.36. The molecule has 0 atom stereocenters. The van der Waals surface area contributed by atoms with E-state index in [4.69, 9.17) is 4.74 Å². The maximum Gasteiger partial charge on any atom is 0.392 e. The molecule has 1 aromatic carbocycles. The molecule has 4 nitrogen and oxygen atoms in total. The molecule has 0 N–H and O–H groups in total. The van der Waals surface area contributed by atoms with Crippen LogP contribution >= 0.6 is 0 Å². The van der Waals surface area contributed by atoms with Crippen LogP contribution in [0.25, 0.3) is 5.57 Å². The van der Waals surface area contributed by atoms with E-state index in [0.29, 0.717) is 23.7 Å². The van der Waals surface area contributed by atoms with Crippen LogP contribution in [-0.4, -0.2) is 42.4 Å². The van der Waals surface area contributed by atoms with Crippen LogP contribution in [0.1, 0.15) is 59.4 Å². The largest absolute Gasteiger partial charge is 0.493 e. The second-order valence-corrected chi connectivity index (χ2v) is 6.88. The Morgan fingerprint density at radius 1 is 1.10 bits per heavy atom. The number of ether oxygens (including phenoxy) is 1. The number of alkyl halides is 3. The summed E-state index contributed by atoms with van der Waals surface area (Å²) < 4.78 is 41.7. The van der Waals surface area contributed by atoms with E-state index in [2.05, 4.69) is 11.9 Å². The van der Waals surface area contributed by atoms with Crippen molar-refractivity contribution >= 4 is 17.2 Å². The molecule has 1 amide bonds. The van der Waals surface area contributed by atoms with Gasteiger partial charge in [0, 0.05) is 18.8 Å². The number of benzene rings is 1. The molecule has 29 heavy (non-hydrogen) atoms. The Balaban J connectivity index is 2.84. The fraction of sp³-hybridized carbons (Fsp3) is 0.545. The number of carbonyl (C=O) groups is 1. The fourth-order valence-electron chi connectivity index (χ4n) is 2.66. The molecule has 7 heteroatoms. The highest BCUT2D eigenvalue weighted by Crippen LogP contribution is 2.24. The van der Waals surface area contributed by atoms with E-state index in [1.54, 1.807) is 36.1 Å². The van der Waals surface area contributed by atoms with Crippen molar-refractivity contribution in [3.63, 3.8) is 0 Å². The summed E-state index contributed by atoms with van der Waals surface area (Å²) in [6.07, 6.45) is -3.23. The first-order chi connectivity index (χ1) is 13.6.